The van der Waals surface area contributed by atoms with Gasteiger partial charge in [0.25, 0.3) is 0 Å². The average molecular weight is 398 g/mol. The van der Waals surface area contributed by atoms with Gasteiger partial charge >= 0.3 is 0 Å². The van der Waals surface area contributed by atoms with E-state index in [1.807, 2.05) is 19.1 Å². The number of pyridine rings is 1. The van der Waals surface area contributed by atoms with Crippen molar-refractivity contribution in [2.45, 2.75) is 31.8 Å². The van der Waals surface area contributed by atoms with Gasteiger partial charge in [0, 0.05) is 43.1 Å². The molecule has 5 heterocycles. The van der Waals surface area contributed by atoms with E-state index in [0.29, 0.717) is 24.6 Å². The van der Waals surface area contributed by atoms with Gasteiger partial charge in [-0.2, -0.15) is 9.29 Å². The van der Waals surface area contributed by atoms with E-state index in [0.717, 1.165) is 24.0 Å². The quantitative estimate of drug-likeness (QED) is 0.745. The Morgan fingerprint density at radius 3 is 2.61 bits per heavy atom. The SMILES string of the molecule is Cc1nc(N)nc(N2CC3CCC2CN3S(C)(=O)=O)c1C#Cc1cccnc1. The molecule has 146 valence electrons. The van der Waals surface area contributed by atoms with E-state index in [-0.39, 0.29) is 18.0 Å². The molecule has 3 saturated heterocycles. The molecule has 5 rings (SSSR count). The number of hydrogen-bond acceptors (Lipinski definition) is 7. The fourth-order valence-corrected chi connectivity index (χ4v) is 5.12. The second kappa shape index (κ2) is 7.04. The van der Waals surface area contributed by atoms with E-state index in [2.05, 4.69) is 31.7 Å². The summed E-state index contributed by atoms with van der Waals surface area (Å²) >= 11 is 0. The Kier molecular flexibility index (Phi) is 4.69. The molecule has 2 N–H and O–H groups in total. The van der Waals surface area contributed by atoms with Crippen LogP contribution in [-0.4, -0.2) is 59.1 Å². The van der Waals surface area contributed by atoms with Gasteiger partial charge in [-0.25, -0.2) is 13.4 Å². The number of anilines is 2. The number of nitrogens with two attached hydrogens (primary N) is 1. The molecule has 2 unspecified atom stereocenters. The maximum atomic E-state index is 12.1. The lowest BCUT2D eigenvalue weighted by molar-refractivity contribution is 0.180. The third-order valence-electron chi connectivity index (χ3n) is 5.26. The second-order valence-corrected chi connectivity index (χ2v) is 9.16. The lowest BCUT2D eigenvalue weighted by Gasteiger charge is -2.51. The molecule has 9 heteroatoms. The molecule has 0 saturated carbocycles. The van der Waals surface area contributed by atoms with Crippen molar-refractivity contribution in [1.82, 2.24) is 19.3 Å². The number of piperidine rings is 2. The van der Waals surface area contributed by atoms with Crippen molar-refractivity contribution in [2.75, 3.05) is 30.0 Å². The van der Waals surface area contributed by atoms with E-state index >= 15 is 0 Å². The Bertz CT molecular complexity index is 1060. The van der Waals surface area contributed by atoms with E-state index in [1.165, 1.54) is 6.26 Å². The van der Waals surface area contributed by atoms with Crippen molar-refractivity contribution in [2.24, 2.45) is 0 Å². The Morgan fingerprint density at radius 1 is 1.18 bits per heavy atom. The number of fused-ring (bicyclic) bond motifs is 3. The highest BCUT2D eigenvalue weighted by Gasteiger charge is 2.43. The van der Waals surface area contributed by atoms with E-state index in [9.17, 15) is 8.42 Å². The van der Waals surface area contributed by atoms with Crippen molar-refractivity contribution < 1.29 is 8.42 Å². The number of aryl methyl sites for hydroxylation is 1. The van der Waals surface area contributed by atoms with Crippen molar-refractivity contribution in [1.29, 1.82) is 0 Å². The summed E-state index contributed by atoms with van der Waals surface area (Å²) in [5.41, 5.74) is 8.15. The standard InChI is InChI=1S/C19H22N6O2S/c1-13-17(8-5-14-4-3-9-21-10-14)18(23-19(20)22-13)24-11-16-7-6-15(24)12-25(16)28(2,26)27/h3-4,9-10,15-16H,6-7,11-12H2,1-2H3,(H2,20,22,23). The molecule has 0 amide bonds. The molecule has 3 aliphatic rings. The molecule has 3 aliphatic heterocycles. The molecule has 3 fully saturated rings. The fraction of sp³-hybridized carbons (Fsp3) is 0.421. The van der Waals surface area contributed by atoms with Crippen LogP contribution in [0.4, 0.5) is 11.8 Å². The molecule has 2 aromatic heterocycles. The van der Waals surface area contributed by atoms with Gasteiger partial charge in [-0.1, -0.05) is 11.8 Å². The van der Waals surface area contributed by atoms with Gasteiger partial charge in [-0.15, -0.1) is 0 Å². The molecule has 0 aliphatic carbocycles. The minimum Gasteiger partial charge on any atom is -0.368 e. The largest absolute Gasteiger partial charge is 0.368 e. The smallest absolute Gasteiger partial charge is 0.222 e. The second-order valence-electron chi connectivity index (χ2n) is 7.23. The van der Waals surface area contributed by atoms with Gasteiger partial charge < -0.3 is 10.6 Å². The van der Waals surface area contributed by atoms with Crippen molar-refractivity contribution in [3.05, 3.63) is 41.3 Å². The predicted molar refractivity (Wildman–Crippen MR) is 107 cm³/mol. The molecule has 2 aromatic rings. The molecule has 2 bridgehead atoms. The summed E-state index contributed by atoms with van der Waals surface area (Å²) in [6.07, 6.45) is 6.44. The number of aromatic nitrogens is 3. The Labute approximate surface area is 164 Å². The van der Waals surface area contributed by atoms with Gasteiger partial charge in [0.1, 0.15) is 0 Å². The van der Waals surface area contributed by atoms with Crippen LogP contribution < -0.4 is 10.6 Å². The zero-order valence-corrected chi connectivity index (χ0v) is 16.6. The van der Waals surface area contributed by atoms with Crippen LogP contribution in [0.25, 0.3) is 0 Å². The minimum absolute atomic E-state index is 0.0485. The van der Waals surface area contributed by atoms with Crippen molar-refractivity contribution in [3.63, 3.8) is 0 Å². The highest BCUT2D eigenvalue weighted by molar-refractivity contribution is 7.88. The first-order chi connectivity index (χ1) is 13.3. The summed E-state index contributed by atoms with van der Waals surface area (Å²) in [6, 6.07) is 3.71. The minimum atomic E-state index is -3.22. The van der Waals surface area contributed by atoms with Crippen molar-refractivity contribution >= 4 is 21.8 Å². The summed E-state index contributed by atoms with van der Waals surface area (Å²) in [6.45, 7) is 2.90. The predicted octanol–water partition coefficient (Wildman–Crippen LogP) is 0.775. The third kappa shape index (κ3) is 3.53. The fourth-order valence-electron chi connectivity index (χ4n) is 3.96. The molecule has 0 aromatic carbocycles. The van der Waals surface area contributed by atoms with Gasteiger partial charge in [0.15, 0.2) is 5.82 Å². The van der Waals surface area contributed by atoms with Crippen LogP contribution in [0.15, 0.2) is 24.5 Å². The Morgan fingerprint density at radius 2 is 1.96 bits per heavy atom. The number of hydrogen-bond donors (Lipinski definition) is 1. The molecule has 8 nitrogen and oxygen atoms in total. The highest BCUT2D eigenvalue weighted by Crippen LogP contribution is 2.35. The number of sulfonamides is 1. The summed E-state index contributed by atoms with van der Waals surface area (Å²) in [7, 11) is -3.22. The number of nitrogen functional groups attached to an aromatic ring is 1. The molecule has 28 heavy (non-hydrogen) atoms. The zero-order valence-electron chi connectivity index (χ0n) is 15.8. The van der Waals surface area contributed by atoms with Gasteiger partial charge in [-0.3, -0.25) is 4.98 Å². The number of rotatable bonds is 2. The first-order valence-electron chi connectivity index (χ1n) is 9.12. The van der Waals surface area contributed by atoms with Gasteiger partial charge in [0.05, 0.1) is 17.5 Å². The van der Waals surface area contributed by atoms with Crippen LogP contribution in [-0.2, 0) is 10.0 Å². The first-order valence-corrected chi connectivity index (χ1v) is 11.0. The van der Waals surface area contributed by atoms with Crippen LogP contribution in [0, 0.1) is 18.8 Å². The average Bonchev–Trinajstić information content (AvgIpc) is 2.67. The lowest BCUT2D eigenvalue weighted by Crippen LogP contribution is -2.64. The third-order valence-corrected chi connectivity index (χ3v) is 6.56. The normalized spacial score (nSPS) is 22.0. The first kappa shape index (κ1) is 18.7. The van der Waals surface area contributed by atoms with Gasteiger partial charge in [-0.05, 0) is 31.9 Å². The van der Waals surface area contributed by atoms with Crippen LogP contribution in [0.5, 0.6) is 0 Å². The molecular formula is C19H22N6O2S. The monoisotopic (exact) mass is 398 g/mol. The summed E-state index contributed by atoms with van der Waals surface area (Å²) in [5.74, 6) is 7.17. The summed E-state index contributed by atoms with van der Waals surface area (Å²) in [4.78, 5) is 15.0. The van der Waals surface area contributed by atoms with Crippen LogP contribution in [0.1, 0.15) is 29.7 Å². The highest BCUT2D eigenvalue weighted by atomic mass is 32.2. The van der Waals surface area contributed by atoms with Crippen LogP contribution in [0.3, 0.4) is 0 Å². The molecule has 2 atom stereocenters. The Balaban J connectivity index is 1.72. The number of piperazine rings is 1. The topological polar surface area (TPSA) is 105 Å². The van der Waals surface area contributed by atoms with Crippen LogP contribution in [0.2, 0.25) is 0 Å². The maximum Gasteiger partial charge on any atom is 0.222 e. The van der Waals surface area contributed by atoms with E-state index in [4.69, 9.17) is 5.73 Å². The molecular weight excluding hydrogens is 376 g/mol. The summed E-state index contributed by atoms with van der Waals surface area (Å²) in [5, 5.41) is 0. The van der Waals surface area contributed by atoms with Crippen LogP contribution >= 0.6 is 0 Å². The lowest BCUT2D eigenvalue weighted by atomic mass is 9.92. The molecule has 0 radical (unpaired) electrons. The van der Waals surface area contributed by atoms with Crippen molar-refractivity contribution in [3.8, 4) is 11.8 Å². The van der Waals surface area contributed by atoms with Gasteiger partial charge in [0.2, 0.25) is 16.0 Å². The summed E-state index contributed by atoms with van der Waals surface area (Å²) < 4.78 is 25.8. The molecule has 0 spiro atoms. The Hall–Kier alpha value is -2.70. The zero-order chi connectivity index (χ0) is 19.9. The number of nitrogens with zero attached hydrogens (tertiary/aromatic N) is 5. The van der Waals surface area contributed by atoms with E-state index < -0.39 is 10.0 Å². The maximum absolute atomic E-state index is 12.1. The van der Waals surface area contributed by atoms with E-state index in [1.54, 1.807) is 16.7 Å².